The molecule has 0 aromatic heterocycles. The lowest BCUT2D eigenvalue weighted by Gasteiger charge is -2.40. The summed E-state index contributed by atoms with van der Waals surface area (Å²) < 4.78 is 5.38. The number of terminal acetylenes is 1. The monoisotopic (exact) mass is 235 g/mol. The number of hydrogen-bond acceptors (Lipinski definition) is 3. The third kappa shape index (κ3) is 1.60. The number of rotatable bonds is 2. The van der Waals surface area contributed by atoms with Crippen molar-refractivity contribution in [2.24, 2.45) is 16.6 Å². The Kier molecular flexibility index (Phi) is 2.84. The van der Waals surface area contributed by atoms with Gasteiger partial charge in [0.1, 0.15) is 11.4 Å². The van der Waals surface area contributed by atoms with E-state index in [0.29, 0.717) is 19.0 Å². The SMILES string of the molecule is C#CC(C)N1C(=O)N=C(N)C1(C)C1CCOC1. The van der Waals surface area contributed by atoms with E-state index in [1.807, 2.05) is 6.92 Å². The summed E-state index contributed by atoms with van der Waals surface area (Å²) >= 11 is 0. The van der Waals surface area contributed by atoms with Crippen LogP contribution in [-0.2, 0) is 4.74 Å². The Morgan fingerprint density at radius 3 is 3.00 bits per heavy atom. The van der Waals surface area contributed by atoms with Crippen LogP contribution in [-0.4, -0.2) is 41.6 Å². The molecule has 17 heavy (non-hydrogen) atoms. The van der Waals surface area contributed by atoms with Crippen molar-refractivity contribution in [3.63, 3.8) is 0 Å². The van der Waals surface area contributed by atoms with Crippen LogP contribution in [0.3, 0.4) is 0 Å². The molecular formula is C12H17N3O2. The van der Waals surface area contributed by atoms with E-state index in [1.165, 1.54) is 0 Å². The van der Waals surface area contributed by atoms with Gasteiger partial charge in [-0.3, -0.25) is 4.90 Å². The van der Waals surface area contributed by atoms with E-state index in [1.54, 1.807) is 11.8 Å². The van der Waals surface area contributed by atoms with Gasteiger partial charge in [0.05, 0.1) is 12.6 Å². The van der Waals surface area contributed by atoms with Crippen molar-refractivity contribution >= 4 is 11.9 Å². The van der Waals surface area contributed by atoms with E-state index in [2.05, 4.69) is 10.9 Å². The van der Waals surface area contributed by atoms with Crippen LogP contribution in [0.25, 0.3) is 0 Å². The molecule has 2 heterocycles. The van der Waals surface area contributed by atoms with E-state index < -0.39 is 5.54 Å². The molecule has 2 N–H and O–H groups in total. The highest BCUT2D eigenvalue weighted by Gasteiger charge is 2.52. The second-order valence-electron chi connectivity index (χ2n) is 4.70. The summed E-state index contributed by atoms with van der Waals surface area (Å²) in [6.45, 7) is 5.01. The summed E-state index contributed by atoms with van der Waals surface area (Å²) in [5, 5.41) is 0. The number of ether oxygens (including phenoxy) is 1. The highest BCUT2D eigenvalue weighted by molar-refractivity contribution is 6.06. The second kappa shape index (κ2) is 4.04. The molecule has 92 valence electrons. The Morgan fingerprint density at radius 1 is 1.76 bits per heavy atom. The molecule has 0 spiro atoms. The zero-order valence-corrected chi connectivity index (χ0v) is 10.1. The first-order chi connectivity index (χ1) is 8.01. The van der Waals surface area contributed by atoms with Crippen molar-refractivity contribution in [1.82, 2.24) is 4.90 Å². The molecule has 1 fully saturated rings. The average molecular weight is 235 g/mol. The minimum absolute atomic E-state index is 0.161. The molecule has 2 rings (SSSR count). The van der Waals surface area contributed by atoms with Gasteiger partial charge in [0.2, 0.25) is 0 Å². The fourth-order valence-corrected chi connectivity index (χ4v) is 2.62. The summed E-state index contributed by atoms with van der Waals surface area (Å²) in [6, 6.07) is -0.666. The van der Waals surface area contributed by atoms with Crippen molar-refractivity contribution < 1.29 is 9.53 Å². The molecule has 2 aliphatic rings. The zero-order chi connectivity index (χ0) is 12.6. The lowest BCUT2D eigenvalue weighted by atomic mass is 9.82. The van der Waals surface area contributed by atoms with E-state index in [4.69, 9.17) is 16.9 Å². The summed E-state index contributed by atoms with van der Waals surface area (Å²) in [4.78, 5) is 17.3. The second-order valence-corrected chi connectivity index (χ2v) is 4.70. The van der Waals surface area contributed by atoms with Crippen molar-refractivity contribution in [2.75, 3.05) is 13.2 Å². The predicted molar refractivity (Wildman–Crippen MR) is 64.5 cm³/mol. The molecule has 0 aromatic carbocycles. The molecule has 0 aromatic rings. The van der Waals surface area contributed by atoms with Gasteiger partial charge in [-0.15, -0.1) is 6.42 Å². The van der Waals surface area contributed by atoms with Crippen molar-refractivity contribution in [3.8, 4) is 12.3 Å². The molecule has 2 aliphatic heterocycles. The number of amides is 2. The summed E-state index contributed by atoms with van der Waals surface area (Å²) in [5.74, 6) is 3.08. The van der Waals surface area contributed by atoms with Crippen molar-refractivity contribution in [3.05, 3.63) is 0 Å². The Balaban J connectivity index is 2.37. The van der Waals surface area contributed by atoms with Crippen LogP contribution in [0.5, 0.6) is 0 Å². The van der Waals surface area contributed by atoms with E-state index in [-0.39, 0.29) is 18.0 Å². The lowest BCUT2D eigenvalue weighted by Crippen LogP contribution is -2.59. The highest BCUT2D eigenvalue weighted by atomic mass is 16.5. The molecule has 5 nitrogen and oxygen atoms in total. The molecule has 3 atom stereocenters. The molecular weight excluding hydrogens is 218 g/mol. The number of carbonyl (C=O) groups excluding carboxylic acids is 1. The van der Waals surface area contributed by atoms with Gasteiger partial charge in [0.15, 0.2) is 0 Å². The van der Waals surface area contributed by atoms with Crippen LogP contribution in [0.15, 0.2) is 4.99 Å². The third-order valence-electron chi connectivity index (χ3n) is 3.79. The van der Waals surface area contributed by atoms with Crippen LogP contribution >= 0.6 is 0 Å². The first-order valence-corrected chi connectivity index (χ1v) is 5.73. The maximum Gasteiger partial charge on any atom is 0.347 e. The molecule has 0 bridgehead atoms. The quantitative estimate of drug-likeness (QED) is 0.712. The Labute approximate surface area is 101 Å². The number of urea groups is 1. The van der Waals surface area contributed by atoms with Gasteiger partial charge in [-0.2, -0.15) is 4.99 Å². The van der Waals surface area contributed by atoms with E-state index in [0.717, 1.165) is 6.42 Å². The van der Waals surface area contributed by atoms with Gasteiger partial charge < -0.3 is 10.5 Å². The minimum Gasteiger partial charge on any atom is -0.385 e. The normalized spacial score (nSPS) is 34.6. The molecule has 0 radical (unpaired) electrons. The fraction of sp³-hybridized carbons (Fsp3) is 0.667. The number of carbonyl (C=O) groups is 1. The average Bonchev–Trinajstić information content (AvgIpc) is 2.87. The Morgan fingerprint density at radius 2 is 2.47 bits per heavy atom. The van der Waals surface area contributed by atoms with Crippen LogP contribution < -0.4 is 5.73 Å². The van der Waals surface area contributed by atoms with Crippen LogP contribution in [0, 0.1) is 18.3 Å². The first kappa shape index (κ1) is 11.9. The summed E-state index contributed by atoms with van der Waals surface area (Å²) in [7, 11) is 0. The summed E-state index contributed by atoms with van der Waals surface area (Å²) in [5.41, 5.74) is 5.32. The standard InChI is InChI=1S/C12H17N3O2/c1-4-8(2)15-11(16)14-10(13)12(15,3)9-5-6-17-7-9/h1,8-9H,5-7H2,2-3H3,(H2,13,14,16). The first-order valence-electron chi connectivity index (χ1n) is 5.73. The van der Waals surface area contributed by atoms with Crippen LogP contribution in [0.4, 0.5) is 4.79 Å². The number of nitrogens with two attached hydrogens (primary N) is 1. The number of aliphatic imine (C=N–C) groups is 1. The van der Waals surface area contributed by atoms with Gasteiger partial charge in [-0.05, 0) is 20.3 Å². The molecule has 1 saturated heterocycles. The molecule has 3 unspecified atom stereocenters. The molecule has 0 aliphatic carbocycles. The van der Waals surface area contributed by atoms with Crippen molar-refractivity contribution in [2.45, 2.75) is 31.8 Å². The number of amidine groups is 1. The minimum atomic E-state index is -0.612. The number of nitrogens with zero attached hydrogens (tertiary/aromatic N) is 2. The van der Waals surface area contributed by atoms with E-state index >= 15 is 0 Å². The Bertz CT molecular complexity index is 406. The van der Waals surface area contributed by atoms with Gasteiger partial charge in [-0.1, -0.05) is 5.92 Å². The van der Waals surface area contributed by atoms with Crippen LogP contribution in [0.2, 0.25) is 0 Å². The van der Waals surface area contributed by atoms with Gasteiger partial charge >= 0.3 is 6.03 Å². The molecule has 0 saturated carbocycles. The van der Waals surface area contributed by atoms with Gasteiger partial charge in [0, 0.05) is 12.5 Å². The summed E-state index contributed by atoms with van der Waals surface area (Å²) in [6.07, 6.45) is 6.28. The lowest BCUT2D eigenvalue weighted by molar-refractivity contribution is 0.111. The molecule has 5 heteroatoms. The zero-order valence-electron chi connectivity index (χ0n) is 10.1. The van der Waals surface area contributed by atoms with E-state index in [9.17, 15) is 4.79 Å². The smallest absolute Gasteiger partial charge is 0.347 e. The highest BCUT2D eigenvalue weighted by Crippen LogP contribution is 2.36. The van der Waals surface area contributed by atoms with Crippen molar-refractivity contribution in [1.29, 1.82) is 0 Å². The topological polar surface area (TPSA) is 67.9 Å². The largest absolute Gasteiger partial charge is 0.385 e. The van der Waals surface area contributed by atoms with Crippen LogP contribution in [0.1, 0.15) is 20.3 Å². The van der Waals surface area contributed by atoms with Gasteiger partial charge in [0.25, 0.3) is 0 Å². The third-order valence-corrected chi connectivity index (χ3v) is 3.79. The predicted octanol–water partition coefficient (Wildman–Crippen LogP) is 0.596. The van der Waals surface area contributed by atoms with Gasteiger partial charge in [-0.25, -0.2) is 4.79 Å². The maximum absolute atomic E-state index is 11.9. The fourth-order valence-electron chi connectivity index (χ4n) is 2.62. The Hall–Kier alpha value is -1.54. The molecule has 2 amide bonds. The number of hydrogen-bond donors (Lipinski definition) is 1. The maximum atomic E-state index is 11.9.